The molecule has 2 rings (SSSR count). The van der Waals surface area contributed by atoms with Gasteiger partial charge in [-0.3, -0.25) is 9.59 Å². The maximum absolute atomic E-state index is 12.4. The first-order chi connectivity index (χ1) is 8.71. The minimum atomic E-state index is -0.434. The van der Waals surface area contributed by atoms with Gasteiger partial charge in [0.1, 0.15) is 0 Å². The molecular weight excluding hydrogens is 306 g/mol. The summed E-state index contributed by atoms with van der Waals surface area (Å²) >= 11 is 3.48. The quantitative estimate of drug-likeness (QED) is 0.741. The van der Waals surface area contributed by atoms with Crippen LogP contribution in [0.15, 0.2) is 16.6 Å². The van der Waals surface area contributed by atoms with E-state index in [0.29, 0.717) is 12.1 Å². The highest BCUT2D eigenvalue weighted by molar-refractivity contribution is 9.10. The number of hydrogen-bond acceptors (Lipinski definition) is 2. The number of nitrogens with zero attached hydrogens (tertiary/aromatic N) is 1. The van der Waals surface area contributed by atoms with Crippen molar-refractivity contribution in [2.24, 2.45) is 5.41 Å². The summed E-state index contributed by atoms with van der Waals surface area (Å²) in [5.74, 6) is 0.104. The fourth-order valence-electron chi connectivity index (χ4n) is 2.31. The molecule has 102 valence electrons. The number of rotatable bonds is 1. The van der Waals surface area contributed by atoms with Crippen LogP contribution in [0.5, 0.6) is 0 Å². The van der Waals surface area contributed by atoms with E-state index in [1.54, 1.807) is 11.8 Å². The van der Waals surface area contributed by atoms with Crippen molar-refractivity contribution < 1.29 is 9.59 Å². The standard InChI is InChI=1S/C15H18BrNO2/c1-9(18)17-6-5-10-7-12(16)11(8-13(10)17)14(19)15(2,3)4/h7-8H,5-6H2,1-4H3. The lowest BCUT2D eigenvalue weighted by atomic mass is 9.86. The normalized spacial score (nSPS) is 14.5. The molecule has 0 fully saturated rings. The summed E-state index contributed by atoms with van der Waals surface area (Å²) in [7, 11) is 0. The van der Waals surface area contributed by atoms with Crippen LogP contribution in [0.2, 0.25) is 0 Å². The molecule has 0 atom stereocenters. The predicted octanol–water partition coefficient (Wildman–Crippen LogP) is 3.59. The van der Waals surface area contributed by atoms with Gasteiger partial charge in [-0.25, -0.2) is 0 Å². The van der Waals surface area contributed by atoms with E-state index >= 15 is 0 Å². The zero-order valence-electron chi connectivity index (χ0n) is 11.7. The van der Waals surface area contributed by atoms with Gasteiger partial charge >= 0.3 is 0 Å². The Morgan fingerprint density at radius 2 is 1.89 bits per heavy atom. The van der Waals surface area contributed by atoms with Crippen molar-refractivity contribution in [1.82, 2.24) is 0 Å². The van der Waals surface area contributed by atoms with Gasteiger partial charge in [-0.2, -0.15) is 0 Å². The van der Waals surface area contributed by atoms with Crippen molar-refractivity contribution in [2.45, 2.75) is 34.1 Å². The van der Waals surface area contributed by atoms with Gasteiger partial charge in [0.05, 0.1) is 0 Å². The van der Waals surface area contributed by atoms with Crippen LogP contribution in [0.3, 0.4) is 0 Å². The summed E-state index contributed by atoms with van der Waals surface area (Å²) in [6, 6.07) is 3.82. The highest BCUT2D eigenvalue weighted by atomic mass is 79.9. The number of hydrogen-bond donors (Lipinski definition) is 0. The summed E-state index contributed by atoms with van der Waals surface area (Å²) in [4.78, 5) is 25.8. The van der Waals surface area contributed by atoms with Crippen LogP contribution in [-0.4, -0.2) is 18.2 Å². The zero-order chi connectivity index (χ0) is 14.4. The molecule has 0 saturated heterocycles. The Morgan fingerprint density at radius 3 is 2.42 bits per heavy atom. The number of carbonyl (C=O) groups excluding carboxylic acids is 2. The van der Waals surface area contributed by atoms with Gasteiger partial charge in [0, 0.05) is 34.6 Å². The highest BCUT2D eigenvalue weighted by Crippen LogP contribution is 2.35. The van der Waals surface area contributed by atoms with E-state index in [2.05, 4.69) is 15.9 Å². The SMILES string of the molecule is CC(=O)N1CCc2cc(Br)c(C(=O)C(C)(C)C)cc21. The highest BCUT2D eigenvalue weighted by Gasteiger charge is 2.29. The minimum absolute atomic E-state index is 0.0234. The Balaban J connectivity index is 2.52. The fourth-order valence-corrected chi connectivity index (χ4v) is 2.88. The molecule has 0 N–H and O–H groups in total. The molecule has 1 aliphatic rings. The van der Waals surface area contributed by atoms with Gasteiger partial charge in [0.15, 0.2) is 5.78 Å². The molecule has 1 aromatic rings. The maximum Gasteiger partial charge on any atom is 0.223 e. The Morgan fingerprint density at radius 1 is 1.26 bits per heavy atom. The van der Waals surface area contributed by atoms with Gasteiger partial charge in [-0.15, -0.1) is 0 Å². The molecule has 1 heterocycles. The van der Waals surface area contributed by atoms with E-state index in [-0.39, 0.29) is 11.7 Å². The molecule has 3 nitrogen and oxygen atoms in total. The van der Waals surface area contributed by atoms with Crippen LogP contribution in [0.1, 0.15) is 43.6 Å². The Kier molecular flexibility index (Phi) is 3.56. The van der Waals surface area contributed by atoms with Crippen molar-refractivity contribution in [3.05, 3.63) is 27.7 Å². The number of anilines is 1. The van der Waals surface area contributed by atoms with Gasteiger partial charge in [0.2, 0.25) is 5.91 Å². The summed E-state index contributed by atoms with van der Waals surface area (Å²) in [5.41, 5.74) is 2.21. The first-order valence-corrected chi connectivity index (χ1v) is 7.16. The second-order valence-corrected chi connectivity index (χ2v) is 6.81. The average Bonchev–Trinajstić information content (AvgIpc) is 2.68. The zero-order valence-corrected chi connectivity index (χ0v) is 13.3. The molecule has 1 aliphatic heterocycles. The van der Waals surface area contributed by atoms with Crippen molar-refractivity contribution >= 4 is 33.3 Å². The Labute approximate surface area is 122 Å². The topological polar surface area (TPSA) is 37.4 Å². The molecule has 0 radical (unpaired) electrons. The first kappa shape index (κ1) is 14.3. The van der Waals surface area contributed by atoms with E-state index in [1.807, 2.05) is 32.9 Å². The minimum Gasteiger partial charge on any atom is -0.312 e. The fraction of sp³-hybridized carbons (Fsp3) is 0.467. The van der Waals surface area contributed by atoms with Crippen LogP contribution < -0.4 is 4.90 Å². The van der Waals surface area contributed by atoms with Gasteiger partial charge in [-0.1, -0.05) is 36.7 Å². The second kappa shape index (κ2) is 4.75. The van der Waals surface area contributed by atoms with Gasteiger partial charge in [0.25, 0.3) is 0 Å². The summed E-state index contributed by atoms with van der Waals surface area (Å²) in [5, 5.41) is 0. The molecule has 0 spiro atoms. The maximum atomic E-state index is 12.4. The van der Waals surface area contributed by atoms with E-state index in [9.17, 15) is 9.59 Å². The number of halogens is 1. The monoisotopic (exact) mass is 323 g/mol. The molecule has 0 aromatic heterocycles. The van der Waals surface area contributed by atoms with Crippen LogP contribution >= 0.6 is 15.9 Å². The van der Waals surface area contributed by atoms with E-state index in [1.165, 1.54) is 0 Å². The molecule has 0 aliphatic carbocycles. The van der Waals surface area contributed by atoms with E-state index in [4.69, 9.17) is 0 Å². The molecule has 0 saturated carbocycles. The third-order valence-corrected chi connectivity index (χ3v) is 4.03. The number of fused-ring (bicyclic) bond motifs is 1. The van der Waals surface area contributed by atoms with E-state index in [0.717, 1.165) is 22.1 Å². The third kappa shape index (κ3) is 2.59. The summed E-state index contributed by atoms with van der Waals surface area (Å²) < 4.78 is 0.816. The van der Waals surface area contributed by atoms with Gasteiger partial charge in [-0.05, 0) is 24.1 Å². The van der Waals surface area contributed by atoms with E-state index < -0.39 is 5.41 Å². The lowest BCUT2D eigenvalue weighted by Gasteiger charge is -2.20. The van der Waals surface area contributed by atoms with Crippen molar-refractivity contribution in [1.29, 1.82) is 0 Å². The van der Waals surface area contributed by atoms with Crippen LogP contribution in [0.25, 0.3) is 0 Å². The smallest absolute Gasteiger partial charge is 0.223 e. The second-order valence-electron chi connectivity index (χ2n) is 5.96. The van der Waals surface area contributed by atoms with Crippen LogP contribution in [0, 0.1) is 5.41 Å². The summed E-state index contributed by atoms with van der Waals surface area (Å²) in [6.45, 7) is 7.96. The lowest BCUT2D eigenvalue weighted by molar-refractivity contribution is -0.116. The van der Waals surface area contributed by atoms with Crippen LogP contribution in [0.4, 0.5) is 5.69 Å². The third-order valence-electron chi connectivity index (χ3n) is 3.37. The molecular formula is C15H18BrNO2. The van der Waals surface area contributed by atoms with Crippen molar-refractivity contribution in [3.8, 4) is 0 Å². The first-order valence-electron chi connectivity index (χ1n) is 6.37. The number of benzene rings is 1. The Hall–Kier alpha value is -1.16. The molecule has 1 aromatic carbocycles. The van der Waals surface area contributed by atoms with Crippen molar-refractivity contribution in [3.63, 3.8) is 0 Å². The number of carbonyl (C=O) groups is 2. The number of Topliss-reactive ketones (excluding diaryl/α,β-unsaturated/α-hetero) is 1. The molecule has 0 unspecified atom stereocenters. The Bertz CT molecular complexity index is 558. The number of ketones is 1. The average molecular weight is 324 g/mol. The van der Waals surface area contributed by atoms with Crippen molar-refractivity contribution in [2.75, 3.05) is 11.4 Å². The number of amides is 1. The molecule has 0 bridgehead atoms. The largest absolute Gasteiger partial charge is 0.312 e. The summed E-state index contributed by atoms with van der Waals surface area (Å²) in [6.07, 6.45) is 0.845. The molecule has 1 amide bonds. The van der Waals surface area contributed by atoms with Crippen LogP contribution in [-0.2, 0) is 11.2 Å². The molecule has 4 heteroatoms. The molecule has 19 heavy (non-hydrogen) atoms. The predicted molar refractivity (Wildman–Crippen MR) is 79.7 cm³/mol. The lowest BCUT2D eigenvalue weighted by Crippen LogP contribution is -2.26. The van der Waals surface area contributed by atoms with Gasteiger partial charge < -0.3 is 4.90 Å².